The average molecular weight is 218 g/mol. The van der Waals surface area contributed by atoms with Gasteiger partial charge in [-0.1, -0.05) is 45.0 Å². The molecule has 0 saturated carbocycles. The summed E-state index contributed by atoms with van der Waals surface area (Å²) in [7, 11) is 0. The second-order valence-electron chi connectivity index (χ2n) is 4.97. The summed E-state index contributed by atoms with van der Waals surface area (Å²) in [5.41, 5.74) is 2.52. The summed E-state index contributed by atoms with van der Waals surface area (Å²) < 4.78 is 0. The highest BCUT2D eigenvalue weighted by Gasteiger charge is 2.16. The number of hydrogen-bond donors (Lipinski definition) is 1. The maximum Gasteiger partial charge on any atom is 0.331 e. The van der Waals surface area contributed by atoms with Gasteiger partial charge in [-0.2, -0.15) is 0 Å². The highest BCUT2D eigenvalue weighted by Crippen LogP contribution is 2.27. The Hall–Kier alpha value is -1.57. The summed E-state index contributed by atoms with van der Waals surface area (Å²) in [5.74, 6) is -0.872. The Kier molecular flexibility index (Phi) is 3.53. The van der Waals surface area contributed by atoms with Gasteiger partial charge in [0.15, 0.2) is 0 Å². The second kappa shape index (κ2) is 4.52. The van der Waals surface area contributed by atoms with Gasteiger partial charge in [0.25, 0.3) is 0 Å². The second-order valence-corrected chi connectivity index (χ2v) is 4.97. The molecule has 0 heterocycles. The predicted octanol–water partition coefficient (Wildman–Crippen LogP) is 3.47. The first-order chi connectivity index (χ1) is 7.32. The van der Waals surface area contributed by atoms with E-state index in [9.17, 15) is 4.79 Å². The lowest BCUT2D eigenvalue weighted by Crippen LogP contribution is -2.13. The number of rotatable bonds is 2. The molecule has 16 heavy (non-hydrogen) atoms. The summed E-state index contributed by atoms with van der Waals surface area (Å²) in [6.45, 7) is 7.98. The Morgan fingerprint density at radius 1 is 1.25 bits per heavy atom. The molecule has 0 aliphatic carbocycles. The van der Waals surface area contributed by atoms with Crippen LogP contribution in [0.25, 0.3) is 6.08 Å². The van der Waals surface area contributed by atoms with Gasteiger partial charge in [-0.25, -0.2) is 4.79 Å². The van der Waals surface area contributed by atoms with Crippen LogP contribution < -0.4 is 0 Å². The van der Waals surface area contributed by atoms with Crippen molar-refractivity contribution < 1.29 is 9.90 Å². The van der Waals surface area contributed by atoms with Crippen molar-refractivity contribution in [1.82, 2.24) is 0 Å². The van der Waals surface area contributed by atoms with E-state index in [2.05, 4.69) is 20.8 Å². The molecule has 1 N–H and O–H groups in total. The third-order valence-electron chi connectivity index (χ3n) is 2.48. The Labute approximate surface area is 96.6 Å². The van der Waals surface area contributed by atoms with Crippen LogP contribution in [-0.2, 0) is 10.2 Å². The summed E-state index contributed by atoms with van der Waals surface area (Å²) in [6, 6.07) is 7.90. The molecule has 0 spiro atoms. The quantitative estimate of drug-likeness (QED) is 0.772. The number of carbonyl (C=O) groups is 1. The van der Waals surface area contributed by atoms with Gasteiger partial charge in [-0.15, -0.1) is 0 Å². The summed E-state index contributed by atoms with van der Waals surface area (Å²) in [5, 5.41) is 8.87. The lowest BCUT2D eigenvalue weighted by molar-refractivity contribution is -0.132. The molecule has 2 heteroatoms. The zero-order valence-corrected chi connectivity index (χ0v) is 10.2. The first-order valence-corrected chi connectivity index (χ1v) is 5.33. The minimum absolute atomic E-state index is 0.0197. The minimum atomic E-state index is -0.872. The maximum absolute atomic E-state index is 10.8. The van der Waals surface area contributed by atoms with Gasteiger partial charge in [0.1, 0.15) is 0 Å². The van der Waals surface area contributed by atoms with Crippen LogP contribution >= 0.6 is 0 Å². The van der Waals surface area contributed by atoms with Gasteiger partial charge >= 0.3 is 5.97 Å². The fourth-order valence-corrected chi connectivity index (χ4v) is 1.60. The molecule has 0 aromatic heterocycles. The van der Waals surface area contributed by atoms with Gasteiger partial charge in [-0.3, -0.25) is 0 Å². The van der Waals surface area contributed by atoms with Gasteiger partial charge in [0.2, 0.25) is 0 Å². The predicted molar refractivity (Wildman–Crippen MR) is 66.4 cm³/mol. The summed E-state index contributed by atoms with van der Waals surface area (Å²) in [4.78, 5) is 10.8. The normalized spacial score (nSPS) is 12.6. The van der Waals surface area contributed by atoms with E-state index in [1.807, 2.05) is 24.3 Å². The molecule has 0 amide bonds. The van der Waals surface area contributed by atoms with Gasteiger partial charge in [-0.05, 0) is 29.5 Å². The Balaban J connectivity index is 3.25. The van der Waals surface area contributed by atoms with Crippen LogP contribution in [0.4, 0.5) is 0 Å². The fraction of sp³-hybridized carbons (Fsp3) is 0.357. The highest BCUT2D eigenvalue weighted by molar-refractivity contribution is 5.91. The smallest absolute Gasteiger partial charge is 0.331 e. The molecule has 1 aromatic rings. The van der Waals surface area contributed by atoms with Crippen LogP contribution in [0.15, 0.2) is 29.8 Å². The standard InChI is InChI=1S/C14H18O2/c1-10(13(15)16)9-11-7-5-6-8-12(11)14(2,3)4/h5-9H,1-4H3,(H,15,16). The van der Waals surface area contributed by atoms with E-state index in [0.717, 1.165) is 11.1 Å². The monoisotopic (exact) mass is 218 g/mol. The molecule has 0 bridgehead atoms. The van der Waals surface area contributed by atoms with Crippen molar-refractivity contribution in [3.05, 3.63) is 41.0 Å². The van der Waals surface area contributed by atoms with Crippen LogP contribution in [0.3, 0.4) is 0 Å². The molecule has 86 valence electrons. The Bertz CT molecular complexity index is 423. The molecule has 0 aliphatic heterocycles. The molecule has 1 rings (SSSR count). The van der Waals surface area contributed by atoms with E-state index >= 15 is 0 Å². The molecule has 2 nitrogen and oxygen atoms in total. The maximum atomic E-state index is 10.8. The van der Waals surface area contributed by atoms with Crippen LogP contribution in [0.1, 0.15) is 38.8 Å². The van der Waals surface area contributed by atoms with Gasteiger partial charge < -0.3 is 5.11 Å². The van der Waals surface area contributed by atoms with Crippen molar-refractivity contribution in [2.24, 2.45) is 0 Å². The lowest BCUT2D eigenvalue weighted by atomic mass is 9.83. The Morgan fingerprint density at radius 3 is 2.31 bits per heavy atom. The van der Waals surface area contributed by atoms with Crippen molar-refractivity contribution >= 4 is 12.0 Å². The zero-order chi connectivity index (χ0) is 12.3. The highest BCUT2D eigenvalue weighted by atomic mass is 16.4. The van der Waals surface area contributed by atoms with Crippen molar-refractivity contribution in [2.45, 2.75) is 33.1 Å². The number of carboxylic acid groups (broad SMARTS) is 1. The average Bonchev–Trinajstić information content (AvgIpc) is 2.16. The topological polar surface area (TPSA) is 37.3 Å². The molecule has 0 aliphatic rings. The van der Waals surface area contributed by atoms with E-state index in [4.69, 9.17) is 5.11 Å². The fourth-order valence-electron chi connectivity index (χ4n) is 1.60. The molecule has 0 saturated heterocycles. The van der Waals surface area contributed by atoms with Crippen molar-refractivity contribution in [3.63, 3.8) is 0 Å². The van der Waals surface area contributed by atoms with E-state index in [1.54, 1.807) is 13.0 Å². The molecular weight excluding hydrogens is 200 g/mol. The summed E-state index contributed by atoms with van der Waals surface area (Å²) >= 11 is 0. The van der Waals surface area contributed by atoms with E-state index in [0.29, 0.717) is 5.57 Å². The molecular formula is C14H18O2. The number of carboxylic acids is 1. The summed E-state index contributed by atoms with van der Waals surface area (Å²) in [6.07, 6.45) is 1.73. The van der Waals surface area contributed by atoms with Crippen LogP contribution in [-0.4, -0.2) is 11.1 Å². The largest absolute Gasteiger partial charge is 0.478 e. The number of aliphatic carboxylic acids is 1. The molecule has 1 aromatic carbocycles. The molecule has 0 unspecified atom stereocenters. The molecule has 0 atom stereocenters. The minimum Gasteiger partial charge on any atom is -0.478 e. The zero-order valence-electron chi connectivity index (χ0n) is 10.2. The van der Waals surface area contributed by atoms with E-state index < -0.39 is 5.97 Å². The Morgan fingerprint density at radius 2 is 1.81 bits per heavy atom. The van der Waals surface area contributed by atoms with Crippen LogP contribution in [0.5, 0.6) is 0 Å². The van der Waals surface area contributed by atoms with Crippen LogP contribution in [0, 0.1) is 0 Å². The molecule has 0 radical (unpaired) electrons. The molecule has 0 fully saturated rings. The number of hydrogen-bond acceptors (Lipinski definition) is 1. The lowest BCUT2D eigenvalue weighted by Gasteiger charge is -2.21. The third-order valence-corrected chi connectivity index (χ3v) is 2.48. The van der Waals surface area contributed by atoms with Crippen LogP contribution in [0.2, 0.25) is 0 Å². The SMILES string of the molecule is CC(=Cc1ccccc1C(C)(C)C)C(=O)O. The van der Waals surface area contributed by atoms with Gasteiger partial charge in [0, 0.05) is 5.57 Å². The first-order valence-electron chi connectivity index (χ1n) is 5.33. The first kappa shape index (κ1) is 12.5. The van der Waals surface area contributed by atoms with Gasteiger partial charge in [0.05, 0.1) is 0 Å². The van der Waals surface area contributed by atoms with Crippen molar-refractivity contribution in [1.29, 1.82) is 0 Å². The number of benzene rings is 1. The third kappa shape index (κ3) is 2.96. The van der Waals surface area contributed by atoms with E-state index in [1.165, 1.54) is 0 Å². The van der Waals surface area contributed by atoms with E-state index in [-0.39, 0.29) is 5.41 Å². The van der Waals surface area contributed by atoms with Crippen molar-refractivity contribution in [2.75, 3.05) is 0 Å². The van der Waals surface area contributed by atoms with Crippen molar-refractivity contribution in [3.8, 4) is 0 Å².